The zero-order chi connectivity index (χ0) is 14.8. The van der Waals surface area contributed by atoms with Crippen molar-refractivity contribution in [2.45, 2.75) is 31.9 Å². The van der Waals surface area contributed by atoms with Crippen LogP contribution in [0.2, 0.25) is 0 Å². The van der Waals surface area contributed by atoms with Crippen molar-refractivity contribution >= 4 is 11.8 Å². The molecule has 2 aliphatic heterocycles. The molecule has 0 bridgehead atoms. The maximum atomic E-state index is 12.7. The Kier molecular flexibility index (Phi) is 3.96. The van der Waals surface area contributed by atoms with E-state index < -0.39 is 0 Å². The van der Waals surface area contributed by atoms with Crippen LogP contribution in [-0.4, -0.2) is 60.0 Å². The highest BCUT2D eigenvalue weighted by Gasteiger charge is 2.38. The molecular formula is C15H20N2O4. The monoisotopic (exact) mass is 292 g/mol. The van der Waals surface area contributed by atoms with Gasteiger partial charge in [0.05, 0.1) is 19.0 Å². The van der Waals surface area contributed by atoms with Gasteiger partial charge in [-0.3, -0.25) is 9.59 Å². The molecule has 2 atom stereocenters. The molecule has 3 rings (SSSR count). The third-order valence-electron chi connectivity index (χ3n) is 4.08. The van der Waals surface area contributed by atoms with Gasteiger partial charge in [-0.25, -0.2) is 0 Å². The van der Waals surface area contributed by atoms with E-state index in [1.54, 1.807) is 17.0 Å². The van der Waals surface area contributed by atoms with Crippen molar-refractivity contribution < 1.29 is 18.7 Å². The van der Waals surface area contributed by atoms with Crippen molar-refractivity contribution in [3.8, 4) is 0 Å². The average molecular weight is 292 g/mol. The first-order chi connectivity index (χ1) is 10.2. The minimum Gasteiger partial charge on any atom is -0.459 e. The van der Waals surface area contributed by atoms with Gasteiger partial charge in [-0.1, -0.05) is 0 Å². The molecule has 21 heavy (non-hydrogen) atoms. The molecule has 3 heterocycles. The number of carbonyl (C=O) groups is 2. The van der Waals surface area contributed by atoms with Crippen molar-refractivity contribution in [1.29, 1.82) is 0 Å². The first-order valence-electron chi connectivity index (χ1n) is 7.41. The van der Waals surface area contributed by atoms with Crippen molar-refractivity contribution in [1.82, 2.24) is 9.80 Å². The molecular weight excluding hydrogens is 272 g/mol. The third kappa shape index (κ3) is 2.81. The van der Waals surface area contributed by atoms with Crippen LogP contribution in [0.15, 0.2) is 22.8 Å². The lowest BCUT2D eigenvalue weighted by Gasteiger charge is -2.34. The van der Waals surface area contributed by atoms with Gasteiger partial charge in [0.2, 0.25) is 5.91 Å². The Hall–Kier alpha value is -1.82. The van der Waals surface area contributed by atoms with Crippen molar-refractivity contribution in [3.63, 3.8) is 0 Å². The van der Waals surface area contributed by atoms with Crippen LogP contribution in [0.4, 0.5) is 0 Å². The smallest absolute Gasteiger partial charge is 0.290 e. The minimum atomic E-state index is -0.368. The molecule has 6 nitrogen and oxygen atoms in total. The quantitative estimate of drug-likeness (QED) is 0.820. The highest BCUT2D eigenvalue weighted by Crippen LogP contribution is 2.23. The summed E-state index contributed by atoms with van der Waals surface area (Å²) in [4.78, 5) is 28.5. The maximum absolute atomic E-state index is 12.7. The zero-order valence-electron chi connectivity index (χ0n) is 12.2. The number of rotatable bonds is 2. The van der Waals surface area contributed by atoms with Crippen molar-refractivity contribution in [3.05, 3.63) is 24.2 Å². The molecule has 0 spiro atoms. The molecule has 1 aromatic heterocycles. The second kappa shape index (κ2) is 5.89. The van der Waals surface area contributed by atoms with E-state index in [0.29, 0.717) is 32.0 Å². The Balaban J connectivity index is 1.71. The van der Waals surface area contributed by atoms with Gasteiger partial charge >= 0.3 is 0 Å². The second-order valence-corrected chi connectivity index (χ2v) is 5.60. The number of carbonyl (C=O) groups excluding carboxylic acids is 2. The van der Waals surface area contributed by atoms with E-state index in [4.69, 9.17) is 9.15 Å². The van der Waals surface area contributed by atoms with Crippen LogP contribution >= 0.6 is 0 Å². The molecule has 2 fully saturated rings. The molecule has 2 unspecified atom stereocenters. The summed E-state index contributed by atoms with van der Waals surface area (Å²) in [6, 6.07) is 2.95. The van der Waals surface area contributed by atoms with E-state index in [0.717, 1.165) is 12.8 Å². The molecule has 114 valence electrons. The summed E-state index contributed by atoms with van der Waals surface area (Å²) in [5.41, 5.74) is 0. The summed E-state index contributed by atoms with van der Waals surface area (Å²) < 4.78 is 10.6. The lowest BCUT2D eigenvalue weighted by molar-refractivity contribution is -0.142. The number of amides is 2. The van der Waals surface area contributed by atoms with Crippen LogP contribution in [0.25, 0.3) is 0 Å². The van der Waals surface area contributed by atoms with Crippen LogP contribution in [0.1, 0.15) is 30.3 Å². The van der Waals surface area contributed by atoms with Gasteiger partial charge in [-0.15, -0.1) is 0 Å². The fourth-order valence-corrected chi connectivity index (χ4v) is 3.04. The van der Waals surface area contributed by atoms with Crippen molar-refractivity contribution in [2.24, 2.45) is 0 Å². The minimum absolute atomic E-state index is 0.0301. The number of nitrogens with zero attached hydrogens (tertiary/aromatic N) is 2. The van der Waals surface area contributed by atoms with E-state index in [1.807, 2.05) is 11.8 Å². The van der Waals surface area contributed by atoms with Crippen LogP contribution in [0.5, 0.6) is 0 Å². The van der Waals surface area contributed by atoms with Gasteiger partial charge in [0.25, 0.3) is 5.91 Å². The first kappa shape index (κ1) is 14.1. The first-order valence-corrected chi connectivity index (χ1v) is 7.41. The summed E-state index contributed by atoms with van der Waals surface area (Å²) in [6.45, 7) is 4.32. The third-order valence-corrected chi connectivity index (χ3v) is 4.08. The van der Waals surface area contributed by atoms with E-state index in [1.165, 1.54) is 6.26 Å². The van der Waals surface area contributed by atoms with Crippen LogP contribution < -0.4 is 0 Å². The molecule has 0 aromatic carbocycles. The van der Waals surface area contributed by atoms with E-state index in [9.17, 15) is 9.59 Å². The molecule has 6 heteroatoms. The van der Waals surface area contributed by atoms with Crippen molar-refractivity contribution in [2.75, 3.05) is 26.2 Å². The number of morpholine rings is 1. The largest absolute Gasteiger partial charge is 0.459 e. The highest BCUT2D eigenvalue weighted by molar-refractivity contribution is 5.96. The van der Waals surface area contributed by atoms with Crippen LogP contribution in [-0.2, 0) is 9.53 Å². The van der Waals surface area contributed by atoms with E-state index in [2.05, 4.69) is 0 Å². The second-order valence-electron chi connectivity index (χ2n) is 5.60. The number of hydrogen-bond acceptors (Lipinski definition) is 4. The van der Waals surface area contributed by atoms with E-state index >= 15 is 0 Å². The number of likely N-dealkylation sites (tertiary alicyclic amines) is 1. The van der Waals surface area contributed by atoms with Gasteiger partial charge in [0.15, 0.2) is 5.76 Å². The van der Waals surface area contributed by atoms with E-state index in [-0.39, 0.29) is 24.0 Å². The average Bonchev–Trinajstić information content (AvgIpc) is 3.17. The van der Waals surface area contributed by atoms with Gasteiger partial charge in [0.1, 0.15) is 6.04 Å². The molecule has 2 saturated heterocycles. The Labute approximate surface area is 123 Å². The highest BCUT2D eigenvalue weighted by atomic mass is 16.5. The summed E-state index contributed by atoms with van der Waals surface area (Å²) in [6.07, 6.45) is 3.10. The Morgan fingerprint density at radius 1 is 1.33 bits per heavy atom. The van der Waals surface area contributed by atoms with Gasteiger partial charge < -0.3 is 19.0 Å². The fourth-order valence-electron chi connectivity index (χ4n) is 3.04. The Morgan fingerprint density at radius 3 is 2.90 bits per heavy atom. The van der Waals surface area contributed by atoms with Crippen LogP contribution in [0, 0.1) is 0 Å². The summed E-state index contributed by atoms with van der Waals surface area (Å²) >= 11 is 0. The lowest BCUT2D eigenvalue weighted by Crippen LogP contribution is -2.52. The maximum Gasteiger partial charge on any atom is 0.290 e. The number of furan rings is 1. The Bertz CT molecular complexity index is 514. The summed E-state index contributed by atoms with van der Waals surface area (Å²) in [5, 5.41) is 0. The SMILES string of the molecule is CC1CN(C(=O)C2CCCN2C(=O)c2ccco2)CCO1. The molecule has 0 saturated carbocycles. The van der Waals surface area contributed by atoms with Crippen LogP contribution in [0.3, 0.4) is 0 Å². The number of hydrogen-bond donors (Lipinski definition) is 0. The van der Waals surface area contributed by atoms with Gasteiger partial charge in [-0.2, -0.15) is 0 Å². The lowest BCUT2D eigenvalue weighted by atomic mass is 10.1. The summed E-state index contributed by atoms with van der Waals surface area (Å²) in [7, 11) is 0. The van der Waals surface area contributed by atoms with Gasteiger partial charge in [-0.05, 0) is 31.9 Å². The molecule has 0 aliphatic carbocycles. The summed E-state index contributed by atoms with van der Waals surface area (Å²) in [5.74, 6) is 0.129. The number of ether oxygens (including phenoxy) is 1. The fraction of sp³-hybridized carbons (Fsp3) is 0.600. The Morgan fingerprint density at radius 2 is 2.19 bits per heavy atom. The predicted octanol–water partition coefficient (Wildman–Crippen LogP) is 1.13. The molecule has 2 amide bonds. The molecule has 2 aliphatic rings. The van der Waals surface area contributed by atoms with Gasteiger partial charge in [0, 0.05) is 19.6 Å². The molecule has 1 aromatic rings. The standard InChI is InChI=1S/C15H20N2O4/c1-11-10-16(7-9-20-11)14(18)12-4-2-6-17(12)15(19)13-5-3-8-21-13/h3,5,8,11-12H,2,4,6-7,9-10H2,1H3. The normalized spacial score (nSPS) is 26.1. The zero-order valence-corrected chi connectivity index (χ0v) is 12.2. The molecule has 0 radical (unpaired) electrons. The topological polar surface area (TPSA) is 63.0 Å². The molecule has 0 N–H and O–H groups in total. The predicted molar refractivity (Wildman–Crippen MR) is 74.8 cm³/mol.